The van der Waals surface area contributed by atoms with Gasteiger partial charge in [-0.25, -0.2) is 0 Å². The highest BCUT2D eigenvalue weighted by molar-refractivity contribution is 5.83. The lowest BCUT2D eigenvalue weighted by molar-refractivity contribution is 0.00748. The van der Waals surface area contributed by atoms with Crippen LogP contribution in [0.3, 0.4) is 0 Å². The fraction of sp³-hybridized carbons (Fsp3) is 0.476. The Hall–Kier alpha value is -1.91. The van der Waals surface area contributed by atoms with Crippen molar-refractivity contribution in [2.75, 3.05) is 20.7 Å². The first-order chi connectivity index (χ1) is 12.1. The smallest absolute Gasteiger partial charge is 0.119 e. The molecule has 0 saturated carbocycles. The standard InChI is InChI=1S/C21H28N2O2/c1-5-14-11-20(23(3)13-15(14)6-2)21(24)17-9-10-22-19-8-7-16(25-4)12-18(17)19/h6-10,12,14-15,20-21,24H,2,5,11,13H2,1,3-4H3/t14-,15-,20+,21-/m0/s1. The third-order valence-corrected chi connectivity index (χ3v) is 5.71. The zero-order valence-corrected chi connectivity index (χ0v) is 15.4. The molecule has 0 radical (unpaired) electrons. The van der Waals surface area contributed by atoms with Gasteiger partial charge in [0, 0.05) is 24.2 Å². The van der Waals surface area contributed by atoms with E-state index in [2.05, 4.69) is 36.5 Å². The van der Waals surface area contributed by atoms with Gasteiger partial charge in [-0.15, -0.1) is 6.58 Å². The van der Waals surface area contributed by atoms with Crippen LogP contribution in [-0.4, -0.2) is 41.7 Å². The minimum atomic E-state index is -0.553. The molecule has 3 rings (SSSR count). The van der Waals surface area contributed by atoms with E-state index in [9.17, 15) is 5.11 Å². The SMILES string of the molecule is C=C[C@H]1CN(C)[C@@H]([C@@H](O)c2ccnc3ccc(OC)cc23)C[C@@H]1CC. The summed E-state index contributed by atoms with van der Waals surface area (Å²) in [7, 11) is 3.75. The van der Waals surface area contributed by atoms with Crippen molar-refractivity contribution in [3.05, 3.63) is 48.7 Å². The average molecular weight is 340 g/mol. The zero-order chi connectivity index (χ0) is 18.0. The number of aromatic nitrogens is 1. The molecular formula is C21H28N2O2. The van der Waals surface area contributed by atoms with Crippen molar-refractivity contribution in [1.82, 2.24) is 9.88 Å². The molecule has 4 nitrogen and oxygen atoms in total. The van der Waals surface area contributed by atoms with Crippen molar-refractivity contribution in [2.24, 2.45) is 11.8 Å². The number of ether oxygens (including phenoxy) is 1. The number of rotatable bonds is 5. The van der Waals surface area contributed by atoms with Crippen LogP contribution < -0.4 is 4.74 Å². The van der Waals surface area contributed by atoms with Gasteiger partial charge in [-0.2, -0.15) is 0 Å². The Morgan fingerprint density at radius 2 is 2.24 bits per heavy atom. The number of likely N-dealkylation sites (tertiary alicyclic amines) is 1. The molecule has 4 atom stereocenters. The van der Waals surface area contributed by atoms with E-state index in [4.69, 9.17) is 4.74 Å². The van der Waals surface area contributed by atoms with Gasteiger partial charge in [0.1, 0.15) is 5.75 Å². The normalized spacial score (nSPS) is 25.7. The second-order valence-corrected chi connectivity index (χ2v) is 7.04. The Bertz CT molecular complexity index is 746. The highest BCUT2D eigenvalue weighted by atomic mass is 16.5. The summed E-state index contributed by atoms with van der Waals surface area (Å²) < 4.78 is 5.36. The third kappa shape index (κ3) is 3.42. The van der Waals surface area contributed by atoms with Crippen molar-refractivity contribution in [2.45, 2.75) is 31.9 Å². The molecule has 134 valence electrons. The molecule has 0 bridgehead atoms. The van der Waals surface area contributed by atoms with Crippen LogP contribution in [0, 0.1) is 11.8 Å². The lowest BCUT2D eigenvalue weighted by atomic mass is 9.78. The summed E-state index contributed by atoms with van der Waals surface area (Å²) >= 11 is 0. The van der Waals surface area contributed by atoms with Crippen molar-refractivity contribution < 1.29 is 9.84 Å². The molecule has 0 spiro atoms. The molecule has 1 N–H and O–H groups in total. The van der Waals surface area contributed by atoms with E-state index in [0.717, 1.165) is 41.6 Å². The van der Waals surface area contributed by atoms with Crippen LogP contribution in [0.1, 0.15) is 31.4 Å². The lowest BCUT2D eigenvalue weighted by Crippen LogP contribution is -2.47. The van der Waals surface area contributed by atoms with E-state index in [0.29, 0.717) is 11.8 Å². The molecule has 1 fully saturated rings. The van der Waals surface area contributed by atoms with Gasteiger partial charge in [0.2, 0.25) is 0 Å². The van der Waals surface area contributed by atoms with Crippen molar-refractivity contribution in [1.29, 1.82) is 0 Å². The molecule has 2 aromatic rings. The van der Waals surface area contributed by atoms with Crippen LogP contribution in [0.4, 0.5) is 0 Å². The number of likely N-dealkylation sites (N-methyl/N-ethyl adjacent to an activating group) is 1. The molecule has 1 aromatic heterocycles. The summed E-state index contributed by atoms with van der Waals surface area (Å²) in [4.78, 5) is 6.70. The Morgan fingerprint density at radius 3 is 2.92 bits per heavy atom. The Kier molecular flexibility index (Phi) is 5.40. The predicted octanol–water partition coefficient (Wildman–Crippen LogP) is 3.81. The predicted molar refractivity (Wildman–Crippen MR) is 102 cm³/mol. The van der Waals surface area contributed by atoms with Crippen LogP contribution in [-0.2, 0) is 0 Å². The Labute approximate surface area is 150 Å². The summed E-state index contributed by atoms with van der Waals surface area (Å²) in [6.07, 6.45) is 5.37. The van der Waals surface area contributed by atoms with Gasteiger partial charge in [-0.1, -0.05) is 19.4 Å². The number of nitrogens with zero attached hydrogens (tertiary/aromatic N) is 2. The summed E-state index contributed by atoms with van der Waals surface area (Å²) in [5, 5.41) is 12.2. The largest absolute Gasteiger partial charge is 0.497 e. The van der Waals surface area contributed by atoms with E-state index < -0.39 is 6.10 Å². The van der Waals surface area contributed by atoms with Gasteiger partial charge in [0.25, 0.3) is 0 Å². The number of aliphatic hydroxyl groups is 1. The molecule has 4 heteroatoms. The highest BCUT2D eigenvalue weighted by Gasteiger charge is 2.36. The molecule has 0 amide bonds. The number of hydrogen-bond donors (Lipinski definition) is 1. The summed E-state index contributed by atoms with van der Waals surface area (Å²) in [6.45, 7) is 7.16. The van der Waals surface area contributed by atoms with E-state index in [1.54, 1.807) is 13.3 Å². The first-order valence-corrected chi connectivity index (χ1v) is 9.02. The summed E-state index contributed by atoms with van der Waals surface area (Å²) in [5.74, 6) is 1.84. The fourth-order valence-corrected chi connectivity index (χ4v) is 4.13. The second-order valence-electron chi connectivity index (χ2n) is 7.04. The van der Waals surface area contributed by atoms with Gasteiger partial charge < -0.3 is 9.84 Å². The van der Waals surface area contributed by atoms with Crippen LogP contribution in [0.2, 0.25) is 0 Å². The second kappa shape index (κ2) is 7.54. The van der Waals surface area contributed by atoms with Crippen LogP contribution in [0.15, 0.2) is 43.1 Å². The molecule has 0 unspecified atom stereocenters. The Balaban J connectivity index is 1.96. The van der Waals surface area contributed by atoms with Gasteiger partial charge >= 0.3 is 0 Å². The maximum atomic E-state index is 11.2. The number of methoxy groups -OCH3 is 1. The number of piperidine rings is 1. The van der Waals surface area contributed by atoms with Crippen molar-refractivity contribution in [3.63, 3.8) is 0 Å². The molecule has 2 heterocycles. The number of hydrogen-bond acceptors (Lipinski definition) is 4. The minimum absolute atomic E-state index is 0.0953. The lowest BCUT2D eigenvalue weighted by Gasteiger charge is -2.43. The summed E-state index contributed by atoms with van der Waals surface area (Å²) in [6, 6.07) is 7.84. The van der Waals surface area contributed by atoms with E-state index in [1.807, 2.05) is 24.3 Å². The van der Waals surface area contributed by atoms with Gasteiger partial charge in [0.05, 0.1) is 18.7 Å². The van der Waals surface area contributed by atoms with E-state index in [-0.39, 0.29) is 6.04 Å². The molecular weight excluding hydrogens is 312 g/mol. The van der Waals surface area contributed by atoms with Gasteiger partial charge in [-0.05, 0) is 55.1 Å². The van der Waals surface area contributed by atoms with Gasteiger partial charge in [0.15, 0.2) is 0 Å². The molecule has 25 heavy (non-hydrogen) atoms. The fourth-order valence-electron chi connectivity index (χ4n) is 4.13. The van der Waals surface area contributed by atoms with Crippen LogP contribution >= 0.6 is 0 Å². The molecule has 0 aliphatic carbocycles. The summed E-state index contributed by atoms with van der Waals surface area (Å²) in [5.41, 5.74) is 1.81. The number of benzene rings is 1. The molecule has 1 saturated heterocycles. The molecule has 1 aliphatic heterocycles. The van der Waals surface area contributed by atoms with E-state index >= 15 is 0 Å². The minimum Gasteiger partial charge on any atom is -0.497 e. The van der Waals surface area contributed by atoms with Gasteiger partial charge in [-0.3, -0.25) is 9.88 Å². The van der Waals surface area contributed by atoms with Crippen LogP contribution in [0.5, 0.6) is 5.75 Å². The van der Waals surface area contributed by atoms with E-state index in [1.165, 1.54) is 0 Å². The highest BCUT2D eigenvalue weighted by Crippen LogP contribution is 2.37. The quantitative estimate of drug-likeness (QED) is 0.841. The number of fused-ring (bicyclic) bond motifs is 1. The first kappa shape index (κ1) is 17.9. The maximum Gasteiger partial charge on any atom is 0.119 e. The monoisotopic (exact) mass is 340 g/mol. The van der Waals surface area contributed by atoms with Crippen LogP contribution in [0.25, 0.3) is 10.9 Å². The molecule has 1 aromatic carbocycles. The van der Waals surface area contributed by atoms with Crippen molar-refractivity contribution in [3.8, 4) is 5.75 Å². The molecule has 1 aliphatic rings. The zero-order valence-electron chi connectivity index (χ0n) is 15.4. The topological polar surface area (TPSA) is 45.6 Å². The third-order valence-electron chi connectivity index (χ3n) is 5.71. The maximum absolute atomic E-state index is 11.2. The first-order valence-electron chi connectivity index (χ1n) is 9.02. The number of pyridine rings is 1. The number of aliphatic hydroxyl groups excluding tert-OH is 1. The van der Waals surface area contributed by atoms with Crippen molar-refractivity contribution >= 4 is 10.9 Å². The Morgan fingerprint density at radius 1 is 1.44 bits per heavy atom. The average Bonchev–Trinajstić information content (AvgIpc) is 2.66.